The fourth-order valence-electron chi connectivity index (χ4n) is 6.46. The first-order chi connectivity index (χ1) is 17.7. The summed E-state index contributed by atoms with van der Waals surface area (Å²) in [6.45, 7) is 2.54. The predicted octanol–water partition coefficient (Wildman–Crippen LogP) is 3.43. The fourth-order valence-corrected chi connectivity index (χ4v) is 6.46. The van der Waals surface area contributed by atoms with Gasteiger partial charge in [0.15, 0.2) is 0 Å². The van der Waals surface area contributed by atoms with E-state index in [1.54, 1.807) is 24.3 Å². The van der Waals surface area contributed by atoms with Crippen LogP contribution in [-0.4, -0.2) is 74.6 Å². The number of alkyl halides is 3. The molecule has 1 aliphatic carbocycles. The number of carbonyl (C=O) groups is 2. The minimum absolute atomic E-state index is 0.0164. The van der Waals surface area contributed by atoms with E-state index in [-0.39, 0.29) is 17.6 Å². The summed E-state index contributed by atoms with van der Waals surface area (Å²) in [5.41, 5.74) is 2.86. The third-order valence-electron chi connectivity index (χ3n) is 8.12. The molecule has 0 spiro atoms. The quantitative estimate of drug-likeness (QED) is 0.439. The molecule has 9 nitrogen and oxygen atoms in total. The summed E-state index contributed by atoms with van der Waals surface area (Å²) in [5, 5.41) is 11.1. The van der Waals surface area contributed by atoms with Gasteiger partial charge in [0, 0.05) is 42.6 Å². The van der Waals surface area contributed by atoms with Crippen molar-refractivity contribution in [2.75, 3.05) is 26.2 Å². The third-order valence-corrected chi connectivity index (χ3v) is 8.12. The van der Waals surface area contributed by atoms with Crippen molar-refractivity contribution in [3.8, 4) is 5.75 Å². The Bertz CT molecular complexity index is 1540. The standard InChI is InChI=1S/C25H21F3N6O3/c26-25(27,28)37-14-2-4-19-13(5-14)7-22(29-19)24(36)34-10-17-15-8-33(9-16(15)18(17)11-34)23(35)12-1-3-20-21(6-12)31-32-30-20/h1-7,15-18,29H,8-11H2,(H,30,31,32)/t15-,16+,17?,18?. The highest BCUT2D eigenvalue weighted by Gasteiger charge is 2.59. The molecule has 2 N–H and O–H groups in total. The molecule has 3 aliphatic rings. The van der Waals surface area contributed by atoms with E-state index in [2.05, 4.69) is 25.1 Å². The van der Waals surface area contributed by atoms with Gasteiger partial charge in [0.05, 0.1) is 0 Å². The number of nitrogens with zero attached hydrogens (tertiary/aromatic N) is 4. The Hall–Kier alpha value is -4.09. The zero-order valence-electron chi connectivity index (χ0n) is 19.3. The normalized spacial score (nSPS) is 24.8. The molecule has 4 aromatic rings. The predicted molar refractivity (Wildman–Crippen MR) is 125 cm³/mol. The summed E-state index contributed by atoms with van der Waals surface area (Å²) >= 11 is 0. The molecule has 2 saturated heterocycles. The Morgan fingerprint density at radius 3 is 2.16 bits per heavy atom. The van der Waals surface area contributed by atoms with Gasteiger partial charge in [-0.2, -0.15) is 15.4 Å². The maximum atomic E-state index is 13.2. The van der Waals surface area contributed by atoms with Crippen LogP contribution >= 0.6 is 0 Å². The van der Waals surface area contributed by atoms with Crippen LogP contribution in [0.3, 0.4) is 0 Å². The first-order valence-electron chi connectivity index (χ1n) is 12.0. The van der Waals surface area contributed by atoms with Gasteiger partial charge in [-0.05, 0) is 66.1 Å². The van der Waals surface area contributed by atoms with Crippen LogP contribution < -0.4 is 4.74 Å². The maximum Gasteiger partial charge on any atom is 0.573 e. The van der Waals surface area contributed by atoms with Crippen molar-refractivity contribution in [3.05, 3.63) is 53.7 Å². The van der Waals surface area contributed by atoms with Crippen LogP contribution in [0.15, 0.2) is 42.5 Å². The maximum absolute atomic E-state index is 13.2. The van der Waals surface area contributed by atoms with Gasteiger partial charge in [-0.3, -0.25) is 9.59 Å². The van der Waals surface area contributed by atoms with Crippen molar-refractivity contribution in [3.63, 3.8) is 0 Å². The molecule has 4 heterocycles. The van der Waals surface area contributed by atoms with E-state index in [4.69, 9.17) is 0 Å². The number of halogens is 3. The summed E-state index contributed by atoms with van der Waals surface area (Å²) in [6, 6.07) is 10.8. The van der Waals surface area contributed by atoms with E-state index >= 15 is 0 Å². The van der Waals surface area contributed by atoms with Gasteiger partial charge in [0.1, 0.15) is 22.5 Å². The SMILES string of the molecule is O=C(c1ccc2n[nH]nc2c1)N1C[C@@H]2C3CN(C(=O)c4cc5cc(OC(F)(F)F)ccc5[nH]4)CC3[C@@H]2C1. The van der Waals surface area contributed by atoms with E-state index in [1.807, 2.05) is 9.80 Å². The minimum atomic E-state index is -4.78. The van der Waals surface area contributed by atoms with Crippen molar-refractivity contribution in [2.24, 2.45) is 23.7 Å². The molecule has 2 aromatic heterocycles. The topological polar surface area (TPSA) is 107 Å². The fraction of sp³-hybridized carbons (Fsp3) is 0.360. The monoisotopic (exact) mass is 510 g/mol. The summed E-state index contributed by atoms with van der Waals surface area (Å²) in [6.07, 6.45) is -4.78. The number of nitrogens with one attached hydrogen (secondary N) is 2. The lowest BCUT2D eigenvalue weighted by molar-refractivity contribution is -0.274. The number of hydrogen-bond acceptors (Lipinski definition) is 5. The average molecular weight is 510 g/mol. The highest BCUT2D eigenvalue weighted by Crippen LogP contribution is 2.54. The second kappa shape index (κ2) is 7.70. The first-order valence-corrected chi connectivity index (χ1v) is 12.0. The van der Waals surface area contributed by atoms with Crippen LogP contribution in [0.1, 0.15) is 20.8 Å². The molecule has 2 aromatic carbocycles. The summed E-state index contributed by atoms with van der Waals surface area (Å²) in [7, 11) is 0. The lowest BCUT2D eigenvalue weighted by atomic mass is 9.60. The van der Waals surface area contributed by atoms with Gasteiger partial charge in [-0.15, -0.1) is 13.2 Å². The van der Waals surface area contributed by atoms with Crippen molar-refractivity contribution >= 4 is 33.8 Å². The molecule has 0 bridgehead atoms. The minimum Gasteiger partial charge on any atom is -0.406 e. The highest BCUT2D eigenvalue weighted by atomic mass is 19.4. The molecular formula is C25H21F3N6O3. The summed E-state index contributed by atoms with van der Waals surface area (Å²) < 4.78 is 41.6. The molecule has 3 fully saturated rings. The number of aromatic nitrogens is 4. The zero-order chi connectivity index (χ0) is 25.5. The van der Waals surface area contributed by atoms with Crippen LogP contribution in [-0.2, 0) is 0 Å². The largest absolute Gasteiger partial charge is 0.573 e. The molecule has 190 valence electrons. The van der Waals surface area contributed by atoms with Crippen LogP contribution in [0.4, 0.5) is 13.2 Å². The second-order valence-corrected chi connectivity index (χ2v) is 10.1. The first kappa shape index (κ1) is 22.1. The lowest BCUT2D eigenvalue weighted by Gasteiger charge is -2.42. The van der Waals surface area contributed by atoms with Gasteiger partial charge >= 0.3 is 6.36 Å². The van der Waals surface area contributed by atoms with Crippen molar-refractivity contribution in [1.82, 2.24) is 30.2 Å². The molecule has 7 rings (SSSR count). The molecule has 37 heavy (non-hydrogen) atoms. The van der Waals surface area contributed by atoms with E-state index in [0.717, 1.165) is 0 Å². The smallest absolute Gasteiger partial charge is 0.406 e. The Morgan fingerprint density at radius 2 is 1.49 bits per heavy atom. The molecule has 2 amide bonds. The molecule has 2 unspecified atom stereocenters. The van der Waals surface area contributed by atoms with Gasteiger partial charge in [0.25, 0.3) is 11.8 Å². The molecule has 4 atom stereocenters. The molecule has 12 heteroatoms. The van der Waals surface area contributed by atoms with Crippen LogP contribution in [0.25, 0.3) is 21.9 Å². The number of carbonyl (C=O) groups excluding carboxylic acids is 2. The average Bonchev–Trinajstić information content (AvgIpc) is 3.63. The number of ether oxygens (including phenoxy) is 1. The number of likely N-dealkylation sites (tertiary alicyclic amines) is 2. The van der Waals surface area contributed by atoms with Gasteiger partial charge in [0.2, 0.25) is 0 Å². The zero-order valence-corrected chi connectivity index (χ0v) is 19.3. The second-order valence-electron chi connectivity index (χ2n) is 10.1. The number of hydrogen-bond donors (Lipinski definition) is 2. The summed E-state index contributed by atoms with van der Waals surface area (Å²) in [5.74, 6) is 0.861. The van der Waals surface area contributed by atoms with Gasteiger partial charge < -0.3 is 19.5 Å². The van der Waals surface area contributed by atoms with Crippen LogP contribution in [0, 0.1) is 23.7 Å². The Morgan fingerprint density at radius 1 is 0.838 bits per heavy atom. The van der Waals surface area contributed by atoms with Gasteiger partial charge in [-0.25, -0.2) is 0 Å². The van der Waals surface area contributed by atoms with Crippen molar-refractivity contribution < 1.29 is 27.5 Å². The van der Waals surface area contributed by atoms with Crippen molar-refractivity contribution in [2.45, 2.75) is 6.36 Å². The number of benzene rings is 2. The molecule has 2 aliphatic heterocycles. The van der Waals surface area contributed by atoms with E-state index in [9.17, 15) is 22.8 Å². The number of H-pyrrole nitrogens is 2. The Kier molecular flexibility index (Phi) is 4.61. The highest BCUT2D eigenvalue weighted by molar-refractivity contribution is 5.99. The van der Waals surface area contributed by atoms with E-state index in [1.165, 1.54) is 18.2 Å². The van der Waals surface area contributed by atoms with Crippen LogP contribution in [0.5, 0.6) is 5.75 Å². The molecule has 0 radical (unpaired) electrons. The lowest BCUT2D eigenvalue weighted by Crippen LogP contribution is -2.44. The van der Waals surface area contributed by atoms with E-state index in [0.29, 0.717) is 83.0 Å². The van der Waals surface area contributed by atoms with Gasteiger partial charge in [-0.1, -0.05) is 0 Å². The molecular weight excluding hydrogens is 489 g/mol. The Labute approximate surface area is 207 Å². The van der Waals surface area contributed by atoms with Crippen molar-refractivity contribution in [1.29, 1.82) is 0 Å². The molecule has 1 saturated carbocycles. The number of fused-ring (bicyclic) bond motifs is 6. The third kappa shape index (κ3) is 3.61. The Balaban J connectivity index is 1.02. The number of amides is 2. The summed E-state index contributed by atoms with van der Waals surface area (Å²) in [4.78, 5) is 33.1. The number of rotatable bonds is 3. The number of aromatic amines is 2. The van der Waals surface area contributed by atoms with E-state index < -0.39 is 6.36 Å². The van der Waals surface area contributed by atoms with Crippen LogP contribution in [0.2, 0.25) is 0 Å².